The first-order valence-corrected chi connectivity index (χ1v) is 5.96. The number of ether oxygens (including phenoxy) is 1. The lowest BCUT2D eigenvalue weighted by Gasteiger charge is -2.24. The summed E-state index contributed by atoms with van der Waals surface area (Å²) < 4.78 is 5.89. The van der Waals surface area contributed by atoms with Crippen LogP contribution in [0.1, 0.15) is 5.56 Å². The Morgan fingerprint density at radius 1 is 1.00 bits per heavy atom. The molecule has 0 amide bonds. The first kappa shape index (κ1) is 10.8. The smallest absolute Gasteiger partial charge is 0.160 e. The summed E-state index contributed by atoms with van der Waals surface area (Å²) in [6, 6.07) is 17.8. The van der Waals surface area contributed by atoms with E-state index in [9.17, 15) is 0 Å². The molecule has 3 nitrogen and oxygen atoms in total. The van der Waals surface area contributed by atoms with Gasteiger partial charge < -0.3 is 10.5 Å². The molecule has 18 heavy (non-hydrogen) atoms. The minimum atomic E-state index is -0.178. The summed E-state index contributed by atoms with van der Waals surface area (Å²) in [7, 11) is 0. The monoisotopic (exact) mass is 238 g/mol. The minimum absolute atomic E-state index is 0.178. The summed E-state index contributed by atoms with van der Waals surface area (Å²) in [5.74, 6) is 1.34. The number of aliphatic imine (C=N–C) groups is 1. The van der Waals surface area contributed by atoms with Gasteiger partial charge >= 0.3 is 0 Å². The van der Waals surface area contributed by atoms with E-state index in [2.05, 4.69) is 17.1 Å². The van der Waals surface area contributed by atoms with Crippen molar-refractivity contribution in [2.24, 2.45) is 10.7 Å². The second-order valence-corrected chi connectivity index (χ2v) is 4.30. The Morgan fingerprint density at radius 2 is 1.72 bits per heavy atom. The SMILES string of the molecule is NC1=Nc2ccccc2OC1Cc1ccccc1. The molecule has 0 bridgehead atoms. The van der Waals surface area contributed by atoms with Crippen molar-refractivity contribution in [1.29, 1.82) is 0 Å². The second-order valence-electron chi connectivity index (χ2n) is 4.30. The lowest BCUT2D eigenvalue weighted by molar-refractivity contribution is 0.262. The van der Waals surface area contributed by atoms with Crippen molar-refractivity contribution in [2.45, 2.75) is 12.5 Å². The van der Waals surface area contributed by atoms with E-state index in [0.717, 1.165) is 17.9 Å². The van der Waals surface area contributed by atoms with Crippen LogP contribution in [-0.2, 0) is 6.42 Å². The first-order chi connectivity index (χ1) is 8.83. The van der Waals surface area contributed by atoms with Crippen LogP contribution in [0.3, 0.4) is 0 Å². The normalized spacial score (nSPS) is 17.6. The van der Waals surface area contributed by atoms with Crippen LogP contribution in [0.4, 0.5) is 5.69 Å². The highest BCUT2D eigenvalue weighted by Crippen LogP contribution is 2.31. The lowest BCUT2D eigenvalue weighted by atomic mass is 10.1. The third-order valence-electron chi connectivity index (χ3n) is 2.98. The number of para-hydroxylation sites is 2. The summed E-state index contributed by atoms with van der Waals surface area (Å²) in [6.07, 6.45) is 0.562. The van der Waals surface area contributed by atoms with E-state index >= 15 is 0 Å². The second kappa shape index (κ2) is 4.53. The number of rotatable bonds is 2. The van der Waals surface area contributed by atoms with Crippen LogP contribution >= 0.6 is 0 Å². The van der Waals surface area contributed by atoms with E-state index in [1.165, 1.54) is 5.56 Å². The van der Waals surface area contributed by atoms with Gasteiger partial charge in [0.15, 0.2) is 6.10 Å². The van der Waals surface area contributed by atoms with Gasteiger partial charge in [-0.15, -0.1) is 0 Å². The van der Waals surface area contributed by atoms with Gasteiger partial charge in [0.2, 0.25) is 0 Å². The van der Waals surface area contributed by atoms with Crippen molar-refractivity contribution in [3.63, 3.8) is 0 Å². The molecule has 2 aromatic carbocycles. The molecule has 1 heterocycles. The maximum Gasteiger partial charge on any atom is 0.160 e. The Kier molecular flexibility index (Phi) is 2.73. The molecular weight excluding hydrogens is 224 g/mol. The van der Waals surface area contributed by atoms with Gasteiger partial charge in [-0.05, 0) is 17.7 Å². The molecular formula is C15H14N2O. The predicted octanol–water partition coefficient (Wildman–Crippen LogP) is 2.68. The zero-order valence-corrected chi connectivity index (χ0v) is 9.91. The van der Waals surface area contributed by atoms with Crippen LogP contribution in [0, 0.1) is 0 Å². The number of nitrogens with two attached hydrogens (primary N) is 1. The van der Waals surface area contributed by atoms with Crippen molar-refractivity contribution in [3.8, 4) is 5.75 Å². The highest BCUT2D eigenvalue weighted by atomic mass is 16.5. The molecule has 0 saturated heterocycles. The number of hydrogen-bond acceptors (Lipinski definition) is 3. The van der Waals surface area contributed by atoms with E-state index in [1.807, 2.05) is 42.5 Å². The zero-order chi connectivity index (χ0) is 12.4. The van der Waals surface area contributed by atoms with Gasteiger partial charge in [-0.2, -0.15) is 0 Å². The lowest BCUT2D eigenvalue weighted by Crippen LogP contribution is -2.37. The van der Waals surface area contributed by atoms with Crippen molar-refractivity contribution in [2.75, 3.05) is 0 Å². The van der Waals surface area contributed by atoms with Gasteiger partial charge in [0.25, 0.3) is 0 Å². The topological polar surface area (TPSA) is 47.6 Å². The molecule has 1 aliphatic rings. The molecule has 0 aromatic heterocycles. The number of nitrogens with zero attached hydrogens (tertiary/aromatic N) is 1. The molecule has 3 heteroatoms. The number of fused-ring (bicyclic) bond motifs is 1. The maximum absolute atomic E-state index is 5.97. The molecule has 1 aliphatic heterocycles. The molecule has 1 atom stereocenters. The van der Waals surface area contributed by atoms with Crippen LogP contribution in [0.5, 0.6) is 5.75 Å². The molecule has 2 aromatic rings. The van der Waals surface area contributed by atoms with Crippen molar-refractivity contribution >= 4 is 11.5 Å². The molecule has 0 aliphatic carbocycles. The molecule has 0 fully saturated rings. The first-order valence-electron chi connectivity index (χ1n) is 5.96. The van der Waals surface area contributed by atoms with Gasteiger partial charge in [-0.3, -0.25) is 0 Å². The highest BCUT2D eigenvalue weighted by Gasteiger charge is 2.22. The average molecular weight is 238 g/mol. The third-order valence-corrected chi connectivity index (χ3v) is 2.98. The van der Waals surface area contributed by atoms with Gasteiger partial charge in [0.1, 0.15) is 17.3 Å². The van der Waals surface area contributed by atoms with E-state index in [1.54, 1.807) is 0 Å². The molecule has 3 rings (SSSR count). The van der Waals surface area contributed by atoms with E-state index in [-0.39, 0.29) is 6.10 Å². The molecule has 2 N–H and O–H groups in total. The summed E-state index contributed by atoms with van der Waals surface area (Å²) in [4.78, 5) is 4.39. The summed E-state index contributed by atoms with van der Waals surface area (Å²) in [5, 5.41) is 0. The van der Waals surface area contributed by atoms with Crippen LogP contribution in [-0.4, -0.2) is 11.9 Å². The van der Waals surface area contributed by atoms with E-state index in [4.69, 9.17) is 10.5 Å². The van der Waals surface area contributed by atoms with Gasteiger partial charge in [-0.25, -0.2) is 4.99 Å². The summed E-state index contributed by atoms with van der Waals surface area (Å²) in [6.45, 7) is 0. The Labute approximate surface area is 106 Å². The van der Waals surface area contributed by atoms with Crippen molar-refractivity contribution in [3.05, 3.63) is 60.2 Å². The van der Waals surface area contributed by atoms with Crippen LogP contribution in [0.15, 0.2) is 59.6 Å². The quantitative estimate of drug-likeness (QED) is 0.874. The largest absolute Gasteiger partial charge is 0.480 e. The summed E-state index contributed by atoms with van der Waals surface area (Å²) in [5.41, 5.74) is 7.97. The van der Waals surface area contributed by atoms with Crippen molar-refractivity contribution in [1.82, 2.24) is 0 Å². The molecule has 0 radical (unpaired) electrons. The van der Waals surface area contributed by atoms with Crippen LogP contribution in [0.25, 0.3) is 0 Å². The Hall–Kier alpha value is -2.29. The molecule has 90 valence electrons. The zero-order valence-electron chi connectivity index (χ0n) is 9.91. The fraction of sp³-hybridized carbons (Fsp3) is 0.133. The number of hydrogen-bond donors (Lipinski definition) is 1. The Bertz CT molecular complexity index is 578. The van der Waals surface area contributed by atoms with E-state index in [0.29, 0.717) is 5.84 Å². The maximum atomic E-state index is 5.97. The van der Waals surface area contributed by atoms with Crippen LogP contribution < -0.4 is 10.5 Å². The number of benzene rings is 2. The van der Waals surface area contributed by atoms with Gasteiger partial charge in [0, 0.05) is 6.42 Å². The van der Waals surface area contributed by atoms with Crippen LogP contribution in [0.2, 0.25) is 0 Å². The fourth-order valence-electron chi connectivity index (χ4n) is 2.05. The van der Waals surface area contributed by atoms with Crippen molar-refractivity contribution < 1.29 is 4.74 Å². The standard InChI is InChI=1S/C15H14N2O/c16-15-14(10-11-6-2-1-3-7-11)18-13-9-5-4-8-12(13)17-15/h1-9,14H,10H2,(H2,16,17). The Morgan fingerprint density at radius 3 is 2.56 bits per heavy atom. The van der Waals surface area contributed by atoms with Gasteiger partial charge in [-0.1, -0.05) is 42.5 Å². The third kappa shape index (κ3) is 2.07. The molecule has 0 saturated carbocycles. The van der Waals surface area contributed by atoms with E-state index < -0.39 is 0 Å². The molecule has 0 spiro atoms. The average Bonchev–Trinajstić information content (AvgIpc) is 2.41. The Balaban J connectivity index is 1.85. The minimum Gasteiger partial charge on any atom is -0.480 e. The number of amidine groups is 1. The molecule has 1 unspecified atom stereocenters. The summed E-state index contributed by atoms with van der Waals surface area (Å²) >= 11 is 0. The fourth-order valence-corrected chi connectivity index (χ4v) is 2.05. The van der Waals surface area contributed by atoms with Gasteiger partial charge in [0.05, 0.1) is 0 Å². The highest BCUT2D eigenvalue weighted by molar-refractivity contribution is 5.90. The predicted molar refractivity (Wildman–Crippen MR) is 72.3 cm³/mol.